The van der Waals surface area contributed by atoms with Crippen molar-refractivity contribution < 1.29 is 4.79 Å². The van der Waals surface area contributed by atoms with Gasteiger partial charge in [-0.2, -0.15) is 0 Å². The van der Waals surface area contributed by atoms with Crippen LogP contribution in [0, 0.1) is 6.92 Å². The molecule has 7 heteroatoms. The van der Waals surface area contributed by atoms with Crippen LogP contribution in [0.1, 0.15) is 30.8 Å². The highest BCUT2D eigenvalue weighted by Crippen LogP contribution is 2.26. The van der Waals surface area contributed by atoms with Crippen molar-refractivity contribution in [3.63, 3.8) is 0 Å². The van der Waals surface area contributed by atoms with Crippen molar-refractivity contribution in [2.75, 3.05) is 12.4 Å². The molecule has 33 heavy (non-hydrogen) atoms. The van der Waals surface area contributed by atoms with E-state index < -0.39 is 6.04 Å². The molecule has 6 nitrogen and oxygen atoms in total. The average molecular weight is 505 g/mol. The van der Waals surface area contributed by atoms with Gasteiger partial charge in [0.1, 0.15) is 5.82 Å². The Kier molecular flexibility index (Phi) is 6.60. The highest BCUT2D eigenvalue weighted by Gasteiger charge is 2.26. The zero-order valence-corrected chi connectivity index (χ0v) is 20.3. The standard InChI is InChI=1S/C26H25BrN4O2/c1-4-23(30(3)26(33)28-19-13-9-17(2)10-14-19)24-29-22-8-6-5-7-21(22)25(32)31(24)20-15-11-18(27)12-16-20/h5-16,23H,4H2,1-3H3,(H,28,33). The number of hydrogen-bond donors (Lipinski definition) is 1. The van der Waals surface area contributed by atoms with Gasteiger partial charge in [0.05, 0.1) is 22.6 Å². The quantitative estimate of drug-likeness (QED) is 0.358. The lowest BCUT2D eigenvalue weighted by molar-refractivity contribution is 0.199. The van der Waals surface area contributed by atoms with Crippen molar-refractivity contribution in [2.45, 2.75) is 26.3 Å². The summed E-state index contributed by atoms with van der Waals surface area (Å²) < 4.78 is 2.52. The lowest BCUT2D eigenvalue weighted by atomic mass is 10.1. The fraction of sp³-hybridized carbons (Fsp3) is 0.192. The number of carbonyl (C=O) groups is 1. The van der Waals surface area contributed by atoms with Crippen molar-refractivity contribution in [1.29, 1.82) is 0 Å². The maximum absolute atomic E-state index is 13.6. The van der Waals surface area contributed by atoms with Crippen molar-refractivity contribution in [1.82, 2.24) is 14.5 Å². The first-order valence-electron chi connectivity index (χ1n) is 10.8. The number of nitrogens with zero attached hydrogens (tertiary/aromatic N) is 3. The topological polar surface area (TPSA) is 67.2 Å². The number of anilines is 1. The molecule has 0 aliphatic rings. The van der Waals surface area contributed by atoms with Crippen molar-refractivity contribution in [2.24, 2.45) is 0 Å². The molecule has 1 aromatic heterocycles. The van der Waals surface area contributed by atoms with Gasteiger partial charge < -0.3 is 10.2 Å². The van der Waals surface area contributed by atoms with Gasteiger partial charge in [0.2, 0.25) is 0 Å². The summed E-state index contributed by atoms with van der Waals surface area (Å²) in [7, 11) is 1.73. The summed E-state index contributed by atoms with van der Waals surface area (Å²) in [5, 5.41) is 3.47. The Morgan fingerprint density at radius 1 is 1.06 bits per heavy atom. The molecule has 0 radical (unpaired) electrons. The van der Waals surface area contributed by atoms with Crippen molar-refractivity contribution in [3.8, 4) is 5.69 Å². The zero-order chi connectivity index (χ0) is 23.5. The van der Waals surface area contributed by atoms with Gasteiger partial charge in [-0.1, -0.05) is 52.7 Å². The lowest BCUT2D eigenvalue weighted by Crippen LogP contribution is -2.38. The second kappa shape index (κ2) is 9.58. The number of aromatic nitrogens is 2. The number of fused-ring (bicyclic) bond motifs is 1. The van der Waals surface area contributed by atoms with Crippen LogP contribution >= 0.6 is 15.9 Å². The number of aryl methyl sites for hydroxylation is 1. The summed E-state index contributed by atoms with van der Waals surface area (Å²) in [5.41, 5.74) is 2.97. The van der Waals surface area contributed by atoms with Crippen LogP contribution in [0.15, 0.2) is 82.1 Å². The van der Waals surface area contributed by atoms with Crippen molar-refractivity contribution >= 4 is 38.6 Å². The van der Waals surface area contributed by atoms with E-state index in [0.29, 0.717) is 34.5 Å². The Morgan fingerprint density at radius 3 is 2.39 bits per heavy atom. The van der Waals surface area contributed by atoms with Gasteiger partial charge in [-0.05, 0) is 61.9 Å². The van der Waals surface area contributed by atoms with Gasteiger partial charge in [-0.15, -0.1) is 0 Å². The average Bonchev–Trinajstić information content (AvgIpc) is 2.82. The SMILES string of the molecule is CCC(c1nc2ccccc2c(=O)n1-c1ccc(Br)cc1)N(C)C(=O)Nc1ccc(C)cc1. The maximum Gasteiger partial charge on any atom is 0.322 e. The Balaban J connectivity index is 1.80. The Labute approximate surface area is 201 Å². The summed E-state index contributed by atoms with van der Waals surface area (Å²) in [6, 6.07) is 21.7. The third kappa shape index (κ3) is 4.68. The molecule has 0 saturated carbocycles. The number of benzene rings is 3. The molecule has 0 fully saturated rings. The Hall–Kier alpha value is -3.45. The van der Waals surface area contributed by atoms with Gasteiger partial charge in [0.25, 0.3) is 5.56 Å². The van der Waals surface area contributed by atoms with Crippen LogP contribution in [0.4, 0.5) is 10.5 Å². The minimum Gasteiger partial charge on any atom is -0.317 e. The first-order valence-corrected chi connectivity index (χ1v) is 11.6. The molecule has 2 amide bonds. The monoisotopic (exact) mass is 504 g/mol. The first kappa shape index (κ1) is 22.7. The van der Waals surface area contributed by atoms with Crippen LogP contribution < -0.4 is 10.9 Å². The third-order valence-electron chi connectivity index (χ3n) is 5.66. The second-order valence-electron chi connectivity index (χ2n) is 7.94. The van der Waals surface area contributed by atoms with Crippen molar-refractivity contribution in [3.05, 3.63) is 99.0 Å². The molecule has 4 aromatic rings. The molecule has 4 rings (SSSR count). The molecule has 0 aliphatic heterocycles. The second-order valence-corrected chi connectivity index (χ2v) is 8.85. The minimum atomic E-state index is -0.420. The molecular weight excluding hydrogens is 480 g/mol. The predicted molar refractivity (Wildman–Crippen MR) is 136 cm³/mol. The van der Waals surface area contributed by atoms with Crippen LogP contribution in [0.25, 0.3) is 16.6 Å². The van der Waals surface area contributed by atoms with Crippen LogP contribution in [0.2, 0.25) is 0 Å². The molecular formula is C26H25BrN4O2. The number of halogens is 1. The van der Waals surface area contributed by atoms with Crippen LogP contribution in [-0.2, 0) is 0 Å². The zero-order valence-electron chi connectivity index (χ0n) is 18.7. The fourth-order valence-electron chi connectivity index (χ4n) is 3.83. The third-order valence-corrected chi connectivity index (χ3v) is 6.19. The molecule has 1 atom stereocenters. The smallest absolute Gasteiger partial charge is 0.317 e. The molecule has 0 aliphatic carbocycles. The summed E-state index contributed by atoms with van der Waals surface area (Å²) in [5.74, 6) is 0.519. The first-order chi connectivity index (χ1) is 15.9. The van der Waals surface area contributed by atoms with E-state index in [-0.39, 0.29) is 11.6 Å². The van der Waals surface area contributed by atoms with E-state index in [1.54, 1.807) is 22.6 Å². The van der Waals surface area contributed by atoms with E-state index in [1.807, 2.05) is 80.6 Å². The highest BCUT2D eigenvalue weighted by molar-refractivity contribution is 9.10. The van der Waals surface area contributed by atoms with Gasteiger partial charge in [0.15, 0.2) is 0 Å². The number of carbonyl (C=O) groups excluding carboxylic acids is 1. The van der Waals surface area contributed by atoms with Gasteiger partial charge in [0, 0.05) is 17.2 Å². The Morgan fingerprint density at radius 2 is 1.73 bits per heavy atom. The van der Waals surface area contributed by atoms with Crippen LogP contribution in [0.5, 0.6) is 0 Å². The summed E-state index contributed by atoms with van der Waals surface area (Å²) in [4.78, 5) is 33.1. The number of amides is 2. The normalized spacial score (nSPS) is 11.9. The number of rotatable bonds is 5. The van der Waals surface area contributed by atoms with Gasteiger partial charge in [-0.25, -0.2) is 9.78 Å². The number of hydrogen-bond acceptors (Lipinski definition) is 3. The highest BCUT2D eigenvalue weighted by atomic mass is 79.9. The lowest BCUT2D eigenvalue weighted by Gasteiger charge is -2.29. The number of urea groups is 1. The predicted octanol–water partition coefficient (Wildman–Crippen LogP) is 6.07. The number of para-hydroxylation sites is 1. The fourth-order valence-corrected chi connectivity index (χ4v) is 4.10. The van der Waals surface area contributed by atoms with E-state index in [0.717, 1.165) is 10.0 Å². The molecule has 3 aromatic carbocycles. The number of nitrogens with one attached hydrogen (secondary N) is 1. The molecule has 1 heterocycles. The molecule has 1 N–H and O–H groups in total. The molecule has 1 unspecified atom stereocenters. The molecule has 0 saturated heterocycles. The summed E-state index contributed by atoms with van der Waals surface area (Å²) in [6.45, 7) is 3.98. The van der Waals surface area contributed by atoms with E-state index in [4.69, 9.17) is 4.98 Å². The van der Waals surface area contributed by atoms with E-state index in [1.165, 1.54) is 0 Å². The molecule has 168 valence electrons. The van der Waals surface area contributed by atoms with Gasteiger partial charge in [-0.3, -0.25) is 9.36 Å². The maximum atomic E-state index is 13.6. The summed E-state index contributed by atoms with van der Waals surface area (Å²) in [6.07, 6.45) is 0.582. The Bertz CT molecular complexity index is 1350. The van der Waals surface area contributed by atoms with E-state index in [9.17, 15) is 9.59 Å². The van der Waals surface area contributed by atoms with Gasteiger partial charge >= 0.3 is 6.03 Å². The van der Waals surface area contributed by atoms with E-state index in [2.05, 4.69) is 21.2 Å². The molecule has 0 bridgehead atoms. The minimum absolute atomic E-state index is 0.163. The molecule has 0 spiro atoms. The summed E-state index contributed by atoms with van der Waals surface area (Å²) >= 11 is 3.45. The van der Waals surface area contributed by atoms with Crippen LogP contribution in [0.3, 0.4) is 0 Å². The largest absolute Gasteiger partial charge is 0.322 e. The van der Waals surface area contributed by atoms with Crippen LogP contribution in [-0.4, -0.2) is 27.5 Å². The van der Waals surface area contributed by atoms with E-state index >= 15 is 0 Å².